The maximum absolute atomic E-state index is 5.45. The fourth-order valence-electron chi connectivity index (χ4n) is 2.31. The van der Waals surface area contributed by atoms with E-state index in [1.165, 1.54) is 16.0 Å². The summed E-state index contributed by atoms with van der Waals surface area (Å²) < 4.78 is 5.45. The van der Waals surface area contributed by atoms with Crippen molar-refractivity contribution in [3.8, 4) is 5.75 Å². The van der Waals surface area contributed by atoms with Gasteiger partial charge in [0.25, 0.3) is 0 Å². The first-order chi connectivity index (χ1) is 9.74. The molecule has 2 rings (SSSR count). The summed E-state index contributed by atoms with van der Waals surface area (Å²) in [6.07, 6.45) is 2.17. The summed E-state index contributed by atoms with van der Waals surface area (Å²) in [4.78, 5) is 1.41. The molecule has 0 fully saturated rings. The van der Waals surface area contributed by atoms with Gasteiger partial charge < -0.3 is 10.1 Å². The fraction of sp³-hybridized carbons (Fsp3) is 0.412. The van der Waals surface area contributed by atoms with Crippen molar-refractivity contribution in [1.82, 2.24) is 5.32 Å². The highest BCUT2D eigenvalue weighted by atomic mass is 32.1. The summed E-state index contributed by atoms with van der Waals surface area (Å²) in [5.74, 6) is 0.969. The Hall–Kier alpha value is -1.32. The largest absolute Gasteiger partial charge is 0.496 e. The van der Waals surface area contributed by atoms with Gasteiger partial charge in [0.05, 0.1) is 7.11 Å². The van der Waals surface area contributed by atoms with Gasteiger partial charge in [0.1, 0.15) is 5.75 Å². The quantitative estimate of drug-likeness (QED) is 0.818. The first-order valence-electron chi connectivity index (χ1n) is 7.15. The molecule has 20 heavy (non-hydrogen) atoms. The molecule has 0 radical (unpaired) electrons. The van der Waals surface area contributed by atoms with Crippen molar-refractivity contribution in [2.24, 2.45) is 0 Å². The Morgan fingerprint density at radius 3 is 2.80 bits per heavy atom. The van der Waals surface area contributed by atoms with Gasteiger partial charge >= 0.3 is 0 Å². The third kappa shape index (κ3) is 3.84. The van der Waals surface area contributed by atoms with E-state index in [1.807, 2.05) is 11.3 Å². The van der Waals surface area contributed by atoms with E-state index in [-0.39, 0.29) is 0 Å². The van der Waals surface area contributed by atoms with Crippen LogP contribution in [-0.2, 0) is 6.42 Å². The van der Waals surface area contributed by atoms with Crippen molar-refractivity contribution in [3.63, 3.8) is 0 Å². The Balaban J connectivity index is 2.20. The maximum Gasteiger partial charge on any atom is 0.122 e. The maximum atomic E-state index is 5.45. The molecule has 2 nitrogen and oxygen atoms in total. The average molecular weight is 289 g/mol. The van der Waals surface area contributed by atoms with Crippen LogP contribution < -0.4 is 10.1 Å². The van der Waals surface area contributed by atoms with E-state index in [4.69, 9.17) is 4.74 Å². The first kappa shape index (κ1) is 15.1. The first-order valence-corrected chi connectivity index (χ1v) is 8.03. The zero-order valence-electron chi connectivity index (χ0n) is 12.5. The smallest absolute Gasteiger partial charge is 0.122 e. The molecule has 0 aliphatic rings. The van der Waals surface area contributed by atoms with Crippen LogP contribution in [0, 0.1) is 6.92 Å². The summed E-state index contributed by atoms with van der Waals surface area (Å²) in [5, 5.41) is 5.79. The van der Waals surface area contributed by atoms with Crippen LogP contribution in [0.5, 0.6) is 5.75 Å². The molecule has 0 amide bonds. The number of benzene rings is 1. The van der Waals surface area contributed by atoms with Crippen molar-refractivity contribution in [1.29, 1.82) is 0 Å². The lowest BCUT2D eigenvalue weighted by Gasteiger charge is -2.19. The van der Waals surface area contributed by atoms with Gasteiger partial charge in [-0.25, -0.2) is 0 Å². The van der Waals surface area contributed by atoms with Gasteiger partial charge in [-0.15, -0.1) is 11.3 Å². The number of aryl methyl sites for hydroxylation is 1. The molecule has 0 saturated heterocycles. The molecule has 0 aliphatic heterocycles. The monoisotopic (exact) mass is 289 g/mol. The highest BCUT2D eigenvalue weighted by Gasteiger charge is 2.13. The number of methoxy groups -OCH3 is 1. The zero-order valence-corrected chi connectivity index (χ0v) is 13.3. The van der Waals surface area contributed by atoms with Gasteiger partial charge in [0.2, 0.25) is 0 Å². The molecule has 1 heterocycles. The zero-order chi connectivity index (χ0) is 14.4. The molecule has 0 aliphatic carbocycles. The van der Waals surface area contributed by atoms with Crippen molar-refractivity contribution in [3.05, 3.63) is 51.7 Å². The highest BCUT2D eigenvalue weighted by Crippen LogP contribution is 2.26. The minimum atomic E-state index is 0.350. The van der Waals surface area contributed by atoms with Gasteiger partial charge in [-0.3, -0.25) is 0 Å². The molecule has 0 spiro atoms. The van der Waals surface area contributed by atoms with E-state index >= 15 is 0 Å². The molecule has 1 N–H and O–H groups in total. The van der Waals surface area contributed by atoms with E-state index in [0.29, 0.717) is 6.04 Å². The molecular weight excluding hydrogens is 266 g/mol. The number of thiophene rings is 1. The third-order valence-electron chi connectivity index (χ3n) is 3.46. The standard InChI is InChI=1S/C17H23NOS/c1-4-9-18-16(12-15-6-5-10-20-15)14-8-7-13(2)17(11-14)19-3/h5-8,10-11,16,18H,4,9,12H2,1-3H3. The molecule has 1 aromatic carbocycles. The van der Waals surface area contributed by atoms with Crippen molar-refractivity contribution >= 4 is 11.3 Å². The van der Waals surface area contributed by atoms with Crippen molar-refractivity contribution < 1.29 is 4.74 Å². The van der Waals surface area contributed by atoms with Crippen LogP contribution in [-0.4, -0.2) is 13.7 Å². The highest BCUT2D eigenvalue weighted by molar-refractivity contribution is 7.09. The molecular formula is C17H23NOS. The lowest BCUT2D eigenvalue weighted by atomic mass is 10.0. The predicted molar refractivity (Wildman–Crippen MR) is 86.8 cm³/mol. The second-order valence-corrected chi connectivity index (χ2v) is 6.05. The minimum absolute atomic E-state index is 0.350. The Kier molecular flexibility index (Phi) is 5.62. The summed E-state index contributed by atoms with van der Waals surface area (Å²) in [7, 11) is 1.74. The van der Waals surface area contributed by atoms with Gasteiger partial charge in [0, 0.05) is 17.3 Å². The summed E-state index contributed by atoms with van der Waals surface area (Å²) >= 11 is 1.82. The van der Waals surface area contributed by atoms with Crippen LogP contribution in [0.4, 0.5) is 0 Å². The topological polar surface area (TPSA) is 21.3 Å². The second-order valence-electron chi connectivity index (χ2n) is 5.02. The van der Waals surface area contributed by atoms with E-state index in [1.54, 1.807) is 7.11 Å². The van der Waals surface area contributed by atoms with Gasteiger partial charge in [-0.2, -0.15) is 0 Å². The van der Waals surface area contributed by atoms with Crippen LogP contribution >= 0.6 is 11.3 Å². The van der Waals surface area contributed by atoms with Gasteiger partial charge in [0.15, 0.2) is 0 Å². The SMILES string of the molecule is CCCNC(Cc1cccs1)c1ccc(C)c(OC)c1. The molecule has 1 atom stereocenters. The lowest BCUT2D eigenvalue weighted by Crippen LogP contribution is -2.23. The summed E-state index contributed by atoms with van der Waals surface area (Å²) in [6, 6.07) is 11.2. The molecule has 0 saturated carbocycles. The van der Waals surface area contributed by atoms with Crippen LogP contribution in [0.15, 0.2) is 35.7 Å². The average Bonchev–Trinajstić information content (AvgIpc) is 2.97. The molecule has 2 aromatic rings. The normalized spacial score (nSPS) is 12.3. The van der Waals surface area contributed by atoms with E-state index < -0.39 is 0 Å². The summed E-state index contributed by atoms with van der Waals surface area (Å²) in [6.45, 7) is 5.31. The van der Waals surface area contributed by atoms with E-state index in [2.05, 4.69) is 54.9 Å². The van der Waals surface area contributed by atoms with Gasteiger partial charge in [-0.05, 0) is 48.5 Å². The minimum Gasteiger partial charge on any atom is -0.496 e. The van der Waals surface area contributed by atoms with Crippen molar-refractivity contribution in [2.75, 3.05) is 13.7 Å². The molecule has 3 heteroatoms. The lowest BCUT2D eigenvalue weighted by molar-refractivity contribution is 0.409. The number of ether oxygens (including phenoxy) is 1. The second kappa shape index (κ2) is 7.46. The van der Waals surface area contributed by atoms with Crippen LogP contribution in [0.1, 0.15) is 35.4 Å². The number of hydrogen-bond acceptors (Lipinski definition) is 3. The number of nitrogens with one attached hydrogen (secondary N) is 1. The van der Waals surface area contributed by atoms with E-state index in [0.717, 1.165) is 25.1 Å². The van der Waals surface area contributed by atoms with Crippen LogP contribution in [0.3, 0.4) is 0 Å². The molecule has 1 aromatic heterocycles. The van der Waals surface area contributed by atoms with Crippen molar-refractivity contribution in [2.45, 2.75) is 32.7 Å². The Bertz CT molecular complexity index is 522. The van der Waals surface area contributed by atoms with Crippen LogP contribution in [0.2, 0.25) is 0 Å². The predicted octanol–water partition coefficient (Wildman–Crippen LogP) is 4.35. The third-order valence-corrected chi connectivity index (χ3v) is 4.36. The fourth-order valence-corrected chi connectivity index (χ4v) is 3.06. The Morgan fingerprint density at radius 1 is 1.30 bits per heavy atom. The number of rotatable bonds is 7. The summed E-state index contributed by atoms with van der Waals surface area (Å²) in [5.41, 5.74) is 2.48. The molecule has 0 bridgehead atoms. The van der Waals surface area contributed by atoms with E-state index in [9.17, 15) is 0 Å². The van der Waals surface area contributed by atoms with Crippen LogP contribution in [0.25, 0.3) is 0 Å². The Morgan fingerprint density at radius 2 is 2.15 bits per heavy atom. The molecule has 1 unspecified atom stereocenters. The molecule has 108 valence electrons. The Labute approximate surface area is 125 Å². The van der Waals surface area contributed by atoms with Gasteiger partial charge in [-0.1, -0.05) is 25.1 Å². The number of hydrogen-bond donors (Lipinski definition) is 1.